The predicted molar refractivity (Wildman–Crippen MR) is 87.6 cm³/mol. The summed E-state index contributed by atoms with van der Waals surface area (Å²) >= 11 is 0. The van der Waals surface area contributed by atoms with Crippen LogP contribution >= 0.6 is 0 Å². The van der Waals surface area contributed by atoms with Gasteiger partial charge in [0.1, 0.15) is 0 Å². The number of nitrogens with zero attached hydrogens (tertiary/aromatic N) is 1. The maximum atomic E-state index is 12.6. The largest absolute Gasteiger partial charge is 0.243 e. The van der Waals surface area contributed by atoms with Crippen LogP contribution in [-0.2, 0) is 20.0 Å². The zero-order chi connectivity index (χ0) is 17.3. The normalized spacial score (nSPS) is 13.9. The molecule has 0 aromatic heterocycles. The molecular weight excluding hydrogens is 336 g/mol. The van der Waals surface area contributed by atoms with E-state index in [4.69, 9.17) is 5.14 Å². The number of rotatable bonds is 5. The van der Waals surface area contributed by atoms with Gasteiger partial charge in [0, 0.05) is 13.1 Å². The maximum Gasteiger partial charge on any atom is 0.243 e. The monoisotopic (exact) mass is 354 g/mol. The van der Waals surface area contributed by atoms with Gasteiger partial charge in [0.15, 0.2) is 0 Å². The van der Waals surface area contributed by atoms with Gasteiger partial charge >= 0.3 is 0 Å². The number of benzene rings is 2. The summed E-state index contributed by atoms with van der Waals surface area (Å²) in [7, 11) is -5.92. The summed E-state index contributed by atoms with van der Waals surface area (Å²) in [6.07, 6.45) is 0. The van der Waals surface area contributed by atoms with Crippen LogP contribution in [0.15, 0.2) is 64.4 Å². The second kappa shape index (κ2) is 6.40. The fourth-order valence-corrected chi connectivity index (χ4v) is 4.00. The molecule has 0 spiro atoms. The molecular formula is C15H18N2O4S2. The van der Waals surface area contributed by atoms with Crippen molar-refractivity contribution in [3.05, 3.63) is 60.2 Å². The fourth-order valence-electron chi connectivity index (χ4n) is 2.11. The van der Waals surface area contributed by atoms with E-state index in [-0.39, 0.29) is 9.79 Å². The topological polar surface area (TPSA) is 97.5 Å². The van der Waals surface area contributed by atoms with Crippen molar-refractivity contribution in [2.24, 2.45) is 5.14 Å². The van der Waals surface area contributed by atoms with Crippen LogP contribution in [0.5, 0.6) is 0 Å². The highest BCUT2D eigenvalue weighted by Crippen LogP contribution is 2.26. The second-order valence-corrected chi connectivity index (χ2v) is 8.68. The Hall–Kier alpha value is -1.74. The zero-order valence-electron chi connectivity index (χ0n) is 12.7. The highest BCUT2D eigenvalue weighted by molar-refractivity contribution is 7.89. The Balaban J connectivity index is 2.31. The number of hydrogen-bond donors (Lipinski definition) is 1. The van der Waals surface area contributed by atoms with E-state index >= 15 is 0 Å². The highest BCUT2D eigenvalue weighted by Gasteiger charge is 2.26. The lowest BCUT2D eigenvalue weighted by Gasteiger charge is -2.24. The van der Waals surface area contributed by atoms with E-state index in [0.29, 0.717) is 5.56 Å². The number of hydrogen-bond acceptors (Lipinski definition) is 4. The summed E-state index contributed by atoms with van der Waals surface area (Å²) in [5, 5.41) is 5.05. The fraction of sp³-hybridized carbons (Fsp3) is 0.200. The van der Waals surface area contributed by atoms with Gasteiger partial charge in [0.2, 0.25) is 20.0 Å². The molecule has 8 heteroatoms. The lowest BCUT2D eigenvalue weighted by Crippen LogP contribution is -2.29. The van der Waals surface area contributed by atoms with Crippen molar-refractivity contribution in [3.8, 4) is 0 Å². The van der Waals surface area contributed by atoms with Crippen molar-refractivity contribution < 1.29 is 16.8 Å². The van der Waals surface area contributed by atoms with Crippen molar-refractivity contribution in [1.29, 1.82) is 0 Å². The minimum atomic E-state index is -3.77. The third-order valence-corrected chi connectivity index (χ3v) is 6.53. The van der Waals surface area contributed by atoms with E-state index in [1.165, 1.54) is 35.6 Å². The lowest BCUT2D eigenvalue weighted by molar-refractivity contribution is 0.398. The van der Waals surface area contributed by atoms with Gasteiger partial charge in [0.05, 0.1) is 9.79 Å². The van der Waals surface area contributed by atoms with Gasteiger partial charge in [-0.1, -0.05) is 30.3 Å². The standard InChI is InChI=1S/C15H18N2O4S2/c1-12(13-8-10-14(11-9-13)22(16,18)19)17(2)23(20,21)15-6-4-3-5-7-15/h3-12H,1-2H3,(H2,16,18,19). The van der Waals surface area contributed by atoms with Crippen LogP contribution in [-0.4, -0.2) is 28.2 Å². The first kappa shape index (κ1) is 17.6. The van der Waals surface area contributed by atoms with E-state index in [9.17, 15) is 16.8 Å². The van der Waals surface area contributed by atoms with E-state index in [1.54, 1.807) is 37.3 Å². The molecule has 0 amide bonds. The van der Waals surface area contributed by atoms with Gasteiger partial charge < -0.3 is 0 Å². The van der Waals surface area contributed by atoms with Gasteiger partial charge in [-0.3, -0.25) is 0 Å². The van der Waals surface area contributed by atoms with E-state index < -0.39 is 26.1 Å². The van der Waals surface area contributed by atoms with Crippen LogP contribution in [0.25, 0.3) is 0 Å². The molecule has 0 heterocycles. The molecule has 2 aromatic rings. The Bertz CT molecular complexity index is 877. The van der Waals surface area contributed by atoms with Gasteiger partial charge in [-0.25, -0.2) is 22.0 Å². The summed E-state index contributed by atoms with van der Waals surface area (Å²) in [5.41, 5.74) is 0.666. The molecule has 2 rings (SSSR count). The van der Waals surface area contributed by atoms with E-state index in [0.717, 1.165) is 0 Å². The summed E-state index contributed by atoms with van der Waals surface area (Å²) in [4.78, 5) is 0.192. The Kier molecular flexibility index (Phi) is 4.90. The molecule has 2 N–H and O–H groups in total. The molecule has 0 aliphatic carbocycles. The maximum absolute atomic E-state index is 12.6. The summed E-state index contributed by atoms with van der Waals surface area (Å²) in [5.74, 6) is 0. The molecule has 0 saturated heterocycles. The average Bonchev–Trinajstić information content (AvgIpc) is 2.53. The van der Waals surface area contributed by atoms with E-state index in [2.05, 4.69) is 0 Å². The molecule has 1 atom stereocenters. The van der Waals surface area contributed by atoms with Gasteiger partial charge in [-0.15, -0.1) is 0 Å². The SMILES string of the molecule is CC(c1ccc(S(N)(=O)=O)cc1)N(C)S(=O)(=O)c1ccccc1. The first-order chi connectivity index (χ1) is 10.6. The van der Waals surface area contributed by atoms with Crippen LogP contribution in [0.1, 0.15) is 18.5 Å². The minimum Gasteiger partial charge on any atom is -0.225 e. The van der Waals surface area contributed by atoms with Gasteiger partial charge in [-0.05, 0) is 36.8 Å². The molecule has 0 aliphatic rings. The van der Waals surface area contributed by atoms with Gasteiger partial charge in [-0.2, -0.15) is 4.31 Å². The quantitative estimate of drug-likeness (QED) is 0.884. The second-order valence-electron chi connectivity index (χ2n) is 5.12. The molecule has 0 aliphatic heterocycles. The summed E-state index contributed by atoms with van der Waals surface area (Å²) in [6.45, 7) is 1.73. The molecule has 23 heavy (non-hydrogen) atoms. The number of primary sulfonamides is 1. The number of nitrogens with two attached hydrogens (primary N) is 1. The van der Waals surface area contributed by atoms with E-state index in [1.807, 2.05) is 0 Å². The highest BCUT2D eigenvalue weighted by atomic mass is 32.2. The Morgan fingerprint density at radius 1 is 0.870 bits per heavy atom. The number of sulfonamides is 2. The van der Waals surface area contributed by atoms with Crippen LogP contribution in [0, 0.1) is 0 Å². The minimum absolute atomic E-state index is 0.0120. The molecule has 0 fully saturated rings. The van der Waals surface area contributed by atoms with Crippen LogP contribution in [0.2, 0.25) is 0 Å². The third kappa shape index (κ3) is 3.78. The first-order valence-electron chi connectivity index (χ1n) is 6.80. The molecule has 1 unspecified atom stereocenters. The zero-order valence-corrected chi connectivity index (χ0v) is 14.4. The molecule has 124 valence electrons. The molecule has 6 nitrogen and oxygen atoms in total. The third-order valence-electron chi connectivity index (χ3n) is 3.66. The van der Waals surface area contributed by atoms with Crippen molar-refractivity contribution in [2.75, 3.05) is 7.05 Å². The summed E-state index contributed by atoms with van der Waals surface area (Å²) in [6, 6.07) is 13.5. The molecule has 0 saturated carbocycles. The first-order valence-corrected chi connectivity index (χ1v) is 9.78. The smallest absolute Gasteiger partial charge is 0.225 e. The van der Waals surface area contributed by atoms with Crippen molar-refractivity contribution in [1.82, 2.24) is 4.31 Å². The van der Waals surface area contributed by atoms with Crippen molar-refractivity contribution >= 4 is 20.0 Å². The predicted octanol–water partition coefficient (Wildman–Crippen LogP) is 1.72. The van der Waals surface area contributed by atoms with Crippen LogP contribution in [0.3, 0.4) is 0 Å². The lowest BCUT2D eigenvalue weighted by atomic mass is 10.1. The summed E-state index contributed by atoms with van der Waals surface area (Å²) < 4.78 is 48.9. The van der Waals surface area contributed by atoms with Gasteiger partial charge in [0.25, 0.3) is 0 Å². The van der Waals surface area contributed by atoms with Crippen molar-refractivity contribution in [2.45, 2.75) is 22.8 Å². The Labute approximate surface area is 136 Å². The molecule has 0 radical (unpaired) electrons. The van der Waals surface area contributed by atoms with Crippen LogP contribution in [0.4, 0.5) is 0 Å². The van der Waals surface area contributed by atoms with Crippen LogP contribution < -0.4 is 5.14 Å². The Morgan fingerprint density at radius 2 is 1.39 bits per heavy atom. The molecule has 2 aromatic carbocycles. The Morgan fingerprint density at radius 3 is 1.87 bits per heavy atom. The molecule has 0 bridgehead atoms. The van der Waals surface area contributed by atoms with Crippen molar-refractivity contribution in [3.63, 3.8) is 0 Å². The average molecular weight is 354 g/mol.